The van der Waals surface area contributed by atoms with Crippen LogP contribution >= 0.6 is 23.3 Å². The van der Waals surface area contributed by atoms with Crippen LogP contribution in [0.1, 0.15) is 5.56 Å². The van der Waals surface area contributed by atoms with E-state index in [9.17, 15) is 9.36 Å². The van der Waals surface area contributed by atoms with Crippen molar-refractivity contribution < 1.29 is 13.8 Å². The number of nitrogens with one attached hydrogen (secondary N) is 1. The second-order valence-electron chi connectivity index (χ2n) is 6.02. The number of nitrogen functional groups attached to an aromatic ring is 1. The SMILES string of the molecule is CP(=O)(COCCn1cnc2c(=O)[nH]c(N)nc21)OCc1cccc(Br)c1. The van der Waals surface area contributed by atoms with Gasteiger partial charge in [-0.2, -0.15) is 4.98 Å². The van der Waals surface area contributed by atoms with Crippen LogP contribution in [0.4, 0.5) is 5.95 Å². The third-order valence-electron chi connectivity index (χ3n) is 3.69. The van der Waals surface area contributed by atoms with Gasteiger partial charge in [0.2, 0.25) is 13.3 Å². The van der Waals surface area contributed by atoms with Crippen molar-refractivity contribution in [1.29, 1.82) is 0 Å². The predicted molar refractivity (Wildman–Crippen MR) is 106 cm³/mol. The van der Waals surface area contributed by atoms with Crippen LogP contribution < -0.4 is 11.3 Å². The van der Waals surface area contributed by atoms with Crippen molar-refractivity contribution in [2.75, 3.05) is 25.4 Å². The van der Waals surface area contributed by atoms with Crippen molar-refractivity contribution in [2.24, 2.45) is 0 Å². The fraction of sp³-hybridized carbons (Fsp3) is 0.312. The highest BCUT2D eigenvalue weighted by atomic mass is 79.9. The lowest BCUT2D eigenvalue weighted by atomic mass is 10.2. The van der Waals surface area contributed by atoms with Crippen molar-refractivity contribution in [2.45, 2.75) is 13.2 Å². The first-order valence-electron chi connectivity index (χ1n) is 8.08. The van der Waals surface area contributed by atoms with Crippen LogP contribution in [0.5, 0.6) is 0 Å². The maximum atomic E-state index is 12.5. The molecule has 0 amide bonds. The Balaban J connectivity index is 1.51. The van der Waals surface area contributed by atoms with Crippen LogP contribution in [-0.4, -0.2) is 39.1 Å². The summed E-state index contributed by atoms with van der Waals surface area (Å²) in [6, 6.07) is 7.61. The summed E-state index contributed by atoms with van der Waals surface area (Å²) in [7, 11) is -2.90. The highest BCUT2D eigenvalue weighted by Crippen LogP contribution is 2.43. The Morgan fingerprint density at radius 2 is 2.22 bits per heavy atom. The molecule has 0 bridgehead atoms. The molecule has 3 rings (SSSR count). The zero-order chi connectivity index (χ0) is 19.4. The van der Waals surface area contributed by atoms with E-state index in [1.807, 2.05) is 24.3 Å². The fourth-order valence-corrected chi connectivity index (χ4v) is 3.81. The lowest BCUT2D eigenvalue weighted by Crippen LogP contribution is -2.13. The topological polar surface area (TPSA) is 125 Å². The molecule has 144 valence electrons. The Morgan fingerprint density at radius 1 is 1.41 bits per heavy atom. The lowest BCUT2D eigenvalue weighted by Gasteiger charge is -2.14. The average Bonchev–Trinajstić information content (AvgIpc) is 3.00. The minimum atomic E-state index is -2.90. The summed E-state index contributed by atoms with van der Waals surface area (Å²) in [5, 5.41) is 0. The summed E-state index contributed by atoms with van der Waals surface area (Å²) < 4.78 is 26.1. The van der Waals surface area contributed by atoms with E-state index in [0.717, 1.165) is 10.0 Å². The number of anilines is 1. The number of halogens is 1. The standard InChI is InChI=1S/C16H19BrN5O4P/c1-27(24,26-8-11-3-2-4-12(17)7-11)10-25-6-5-22-9-19-13-14(22)20-16(18)21-15(13)23/h2-4,7,9H,5-6,8,10H2,1H3,(H3,18,20,21,23). The second-order valence-corrected chi connectivity index (χ2v) is 9.48. The van der Waals surface area contributed by atoms with E-state index in [-0.39, 0.29) is 31.0 Å². The summed E-state index contributed by atoms with van der Waals surface area (Å²) in [5.74, 6) is 0.0224. The molecule has 1 aromatic carbocycles. The zero-order valence-electron chi connectivity index (χ0n) is 14.6. The van der Waals surface area contributed by atoms with Crippen LogP contribution in [0.25, 0.3) is 11.2 Å². The number of fused-ring (bicyclic) bond motifs is 1. The molecule has 0 radical (unpaired) electrons. The molecule has 3 N–H and O–H groups in total. The molecule has 0 fully saturated rings. The van der Waals surface area contributed by atoms with Crippen LogP contribution in [0.15, 0.2) is 39.9 Å². The number of H-pyrrole nitrogens is 1. The molecule has 0 aliphatic carbocycles. The molecule has 2 heterocycles. The van der Waals surface area contributed by atoms with Crippen molar-refractivity contribution in [1.82, 2.24) is 19.5 Å². The first-order chi connectivity index (χ1) is 12.8. The van der Waals surface area contributed by atoms with E-state index in [1.165, 1.54) is 6.33 Å². The third kappa shape index (κ3) is 5.26. The molecule has 0 saturated heterocycles. The van der Waals surface area contributed by atoms with Gasteiger partial charge in [0.1, 0.15) is 6.35 Å². The second kappa shape index (κ2) is 8.35. The van der Waals surface area contributed by atoms with E-state index in [4.69, 9.17) is 15.0 Å². The monoisotopic (exact) mass is 455 g/mol. The van der Waals surface area contributed by atoms with Gasteiger partial charge in [-0.25, -0.2) is 4.98 Å². The Hall–Kier alpha value is -2.00. The molecule has 3 aromatic rings. The summed E-state index contributed by atoms with van der Waals surface area (Å²) in [5.41, 5.74) is 6.68. The molecule has 1 unspecified atom stereocenters. The average molecular weight is 456 g/mol. The third-order valence-corrected chi connectivity index (χ3v) is 5.51. The molecular weight excluding hydrogens is 437 g/mol. The smallest absolute Gasteiger partial charge is 0.280 e. The number of hydrogen-bond donors (Lipinski definition) is 2. The Bertz CT molecular complexity index is 1050. The van der Waals surface area contributed by atoms with E-state index in [2.05, 4.69) is 30.9 Å². The number of nitrogens with two attached hydrogens (primary N) is 1. The van der Waals surface area contributed by atoms with Gasteiger partial charge in [-0.15, -0.1) is 0 Å². The Kier molecular flexibility index (Phi) is 6.11. The molecular formula is C16H19BrN5O4P. The number of rotatable bonds is 8. The number of nitrogens with zero attached hydrogens (tertiary/aromatic N) is 3. The molecule has 9 nitrogen and oxygen atoms in total. The van der Waals surface area contributed by atoms with Gasteiger partial charge >= 0.3 is 0 Å². The van der Waals surface area contributed by atoms with Crippen molar-refractivity contribution in [3.05, 3.63) is 51.0 Å². The van der Waals surface area contributed by atoms with Crippen molar-refractivity contribution >= 4 is 40.4 Å². The van der Waals surface area contributed by atoms with E-state index in [0.29, 0.717) is 12.2 Å². The first kappa shape index (κ1) is 19.8. The minimum absolute atomic E-state index is 0.0101. The van der Waals surface area contributed by atoms with Gasteiger partial charge in [0, 0.05) is 17.7 Å². The largest absolute Gasteiger partial charge is 0.370 e. The van der Waals surface area contributed by atoms with Crippen LogP contribution in [-0.2, 0) is 27.0 Å². The maximum Gasteiger partial charge on any atom is 0.280 e. The molecule has 1 atom stereocenters. The Labute approximate surface area is 163 Å². The summed E-state index contributed by atoms with van der Waals surface area (Å²) >= 11 is 3.39. The molecule has 27 heavy (non-hydrogen) atoms. The van der Waals surface area contributed by atoms with Gasteiger partial charge in [0.15, 0.2) is 11.2 Å². The molecule has 0 aliphatic heterocycles. The maximum absolute atomic E-state index is 12.5. The van der Waals surface area contributed by atoms with E-state index in [1.54, 1.807) is 11.2 Å². The predicted octanol–water partition coefficient (Wildman–Crippen LogP) is 2.56. The number of aromatic amines is 1. The number of aromatic nitrogens is 4. The van der Waals surface area contributed by atoms with E-state index >= 15 is 0 Å². The number of imidazole rings is 1. The minimum Gasteiger partial charge on any atom is -0.370 e. The van der Waals surface area contributed by atoms with Crippen LogP contribution in [0.3, 0.4) is 0 Å². The molecule has 0 saturated carbocycles. The molecule has 0 aliphatic rings. The number of benzene rings is 1. The lowest BCUT2D eigenvalue weighted by molar-refractivity contribution is 0.153. The van der Waals surface area contributed by atoms with Crippen molar-refractivity contribution in [3.8, 4) is 0 Å². The van der Waals surface area contributed by atoms with Gasteiger partial charge in [-0.05, 0) is 17.7 Å². The summed E-state index contributed by atoms with van der Waals surface area (Å²) in [6.07, 6.45) is 1.48. The van der Waals surface area contributed by atoms with E-state index < -0.39 is 12.9 Å². The summed E-state index contributed by atoms with van der Waals surface area (Å²) in [6.45, 7) is 2.43. The van der Waals surface area contributed by atoms with Gasteiger partial charge in [-0.3, -0.25) is 14.3 Å². The first-order valence-corrected chi connectivity index (χ1v) is 11.1. The summed E-state index contributed by atoms with van der Waals surface area (Å²) in [4.78, 5) is 22.2. The van der Waals surface area contributed by atoms with Crippen molar-refractivity contribution in [3.63, 3.8) is 0 Å². The van der Waals surface area contributed by atoms with Crippen LogP contribution in [0, 0.1) is 0 Å². The van der Waals surface area contributed by atoms with Crippen LogP contribution in [0.2, 0.25) is 0 Å². The molecule has 2 aromatic heterocycles. The molecule has 11 heteroatoms. The quantitative estimate of drug-likeness (QED) is 0.394. The zero-order valence-corrected chi connectivity index (χ0v) is 17.1. The fourth-order valence-electron chi connectivity index (χ4n) is 2.40. The highest BCUT2D eigenvalue weighted by Gasteiger charge is 2.17. The molecule has 0 spiro atoms. The van der Waals surface area contributed by atoms with Gasteiger partial charge in [0.05, 0.1) is 19.5 Å². The normalized spacial score (nSPS) is 13.7. The van der Waals surface area contributed by atoms with Gasteiger partial charge < -0.3 is 19.6 Å². The number of hydrogen-bond acceptors (Lipinski definition) is 7. The number of ether oxygens (including phenoxy) is 1. The van der Waals surface area contributed by atoms with Gasteiger partial charge in [0.25, 0.3) is 5.56 Å². The Morgan fingerprint density at radius 3 is 3.00 bits per heavy atom. The van der Waals surface area contributed by atoms with Gasteiger partial charge in [-0.1, -0.05) is 28.1 Å². The highest BCUT2D eigenvalue weighted by molar-refractivity contribution is 9.10.